The van der Waals surface area contributed by atoms with Crippen LogP contribution in [0.4, 0.5) is 4.79 Å². The van der Waals surface area contributed by atoms with Gasteiger partial charge in [0.05, 0.1) is 19.3 Å². The molecule has 0 unspecified atom stereocenters. The second kappa shape index (κ2) is 6.60. The van der Waals surface area contributed by atoms with E-state index in [1.54, 1.807) is 13.2 Å². The van der Waals surface area contributed by atoms with Gasteiger partial charge >= 0.3 is 6.03 Å². The zero-order chi connectivity index (χ0) is 14.4. The van der Waals surface area contributed by atoms with Crippen LogP contribution in [0.15, 0.2) is 34.9 Å². The number of urea groups is 1. The normalized spacial score (nSPS) is 10.1. The van der Waals surface area contributed by atoms with Crippen molar-refractivity contribution >= 4 is 6.03 Å². The van der Waals surface area contributed by atoms with Gasteiger partial charge in [-0.05, 0) is 24.6 Å². The number of carbonyl (C=O) groups is 1. The lowest BCUT2D eigenvalue weighted by Crippen LogP contribution is -2.34. The summed E-state index contributed by atoms with van der Waals surface area (Å²) in [4.78, 5) is 11.6. The number of carbonyl (C=O) groups excluding carboxylic acids is 1. The van der Waals surface area contributed by atoms with Crippen molar-refractivity contribution < 1.29 is 14.1 Å². The van der Waals surface area contributed by atoms with Crippen molar-refractivity contribution in [2.24, 2.45) is 0 Å². The molecule has 1 aromatic heterocycles. The molecule has 2 aromatic rings. The highest BCUT2D eigenvalue weighted by Crippen LogP contribution is 2.12. The first-order chi connectivity index (χ1) is 9.67. The molecule has 0 atom stereocenters. The van der Waals surface area contributed by atoms with Crippen molar-refractivity contribution in [1.29, 1.82) is 0 Å². The molecule has 2 N–H and O–H groups in total. The van der Waals surface area contributed by atoms with Crippen LogP contribution in [0.1, 0.15) is 17.0 Å². The summed E-state index contributed by atoms with van der Waals surface area (Å²) in [7, 11) is 1.61. The molecular weight excluding hydrogens is 258 g/mol. The third kappa shape index (κ3) is 4.01. The SMILES string of the molecule is COc1cccc(CNC(=O)NCc2cc(C)no2)c1. The maximum absolute atomic E-state index is 11.6. The first-order valence-electron chi connectivity index (χ1n) is 6.24. The first kappa shape index (κ1) is 13.9. The molecule has 0 saturated heterocycles. The van der Waals surface area contributed by atoms with Crippen molar-refractivity contribution in [3.63, 3.8) is 0 Å². The fraction of sp³-hybridized carbons (Fsp3) is 0.286. The third-order valence-corrected chi connectivity index (χ3v) is 2.69. The van der Waals surface area contributed by atoms with Gasteiger partial charge in [-0.25, -0.2) is 4.79 Å². The highest BCUT2D eigenvalue weighted by Gasteiger charge is 2.04. The van der Waals surface area contributed by atoms with Gasteiger partial charge in [-0.2, -0.15) is 0 Å². The molecular formula is C14H17N3O3. The fourth-order valence-electron chi connectivity index (χ4n) is 1.69. The van der Waals surface area contributed by atoms with Gasteiger partial charge in [0.25, 0.3) is 0 Å². The summed E-state index contributed by atoms with van der Waals surface area (Å²) in [5.41, 5.74) is 1.76. The van der Waals surface area contributed by atoms with Crippen LogP contribution in [0, 0.1) is 6.92 Å². The van der Waals surface area contributed by atoms with Crippen LogP contribution < -0.4 is 15.4 Å². The smallest absolute Gasteiger partial charge is 0.315 e. The minimum atomic E-state index is -0.262. The van der Waals surface area contributed by atoms with E-state index in [0.717, 1.165) is 17.0 Å². The third-order valence-electron chi connectivity index (χ3n) is 2.69. The van der Waals surface area contributed by atoms with Crippen LogP contribution in [-0.2, 0) is 13.1 Å². The standard InChI is InChI=1S/C14H17N3O3/c1-10-6-13(20-17-10)9-16-14(18)15-8-11-4-3-5-12(7-11)19-2/h3-7H,8-9H2,1-2H3,(H2,15,16,18). The molecule has 0 spiro atoms. The lowest BCUT2D eigenvalue weighted by Gasteiger charge is -2.07. The Morgan fingerprint density at radius 3 is 2.80 bits per heavy atom. The van der Waals surface area contributed by atoms with Crippen molar-refractivity contribution in [1.82, 2.24) is 15.8 Å². The lowest BCUT2D eigenvalue weighted by atomic mass is 10.2. The topological polar surface area (TPSA) is 76.4 Å². The van der Waals surface area contributed by atoms with Gasteiger partial charge in [-0.1, -0.05) is 17.3 Å². The van der Waals surface area contributed by atoms with E-state index in [4.69, 9.17) is 9.26 Å². The number of amides is 2. The average Bonchev–Trinajstić information content (AvgIpc) is 2.89. The molecule has 20 heavy (non-hydrogen) atoms. The van der Waals surface area contributed by atoms with E-state index in [1.807, 2.05) is 31.2 Å². The molecule has 1 heterocycles. The Balaban J connectivity index is 1.77. The summed E-state index contributed by atoms with van der Waals surface area (Å²) in [6.07, 6.45) is 0. The zero-order valence-electron chi connectivity index (χ0n) is 11.5. The molecule has 0 fully saturated rings. The summed E-state index contributed by atoms with van der Waals surface area (Å²) in [5, 5.41) is 9.20. The molecule has 0 aliphatic heterocycles. The highest BCUT2D eigenvalue weighted by molar-refractivity contribution is 5.73. The van der Waals surface area contributed by atoms with Gasteiger partial charge in [0.1, 0.15) is 5.75 Å². The number of aromatic nitrogens is 1. The van der Waals surface area contributed by atoms with Crippen LogP contribution in [0.25, 0.3) is 0 Å². The predicted octanol–water partition coefficient (Wildman–Crippen LogP) is 1.99. The van der Waals surface area contributed by atoms with E-state index in [-0.39, 0.29) is 6.03 Å². The second-order valence-corrected chi connectivity index (χ2v) is 4.32. The van der Waals surface area contributed by atoms with E-state index >= 15 is 0 Å². The zero-order valence-corrected chi connectivity index (χ0v) is 11.5. The number of benzene rings is 1. The Labute approximate surface area is 117 Å². The molecule has 2 rings (SSSR count). The van der Waals surface area contributed by atoms with Crippen molar-refractivity contribution in [3.05, 3.63) is 47.3 Å². The van der Waals surface area contributed by atoms with Crippen molar-refractivity contribution in [2.75, 3.05) is 7.11 Å². The molecule has 2 amide bonds. The summed E-state index contributed by atoms with van der Waals surface area (Å²) in [6, 6.07) is 9.05. The van der Waals surface area contributed by atoms with Gasteiger partial charge in [-0.15, -0.1) is 0 Å². The number of aryl methyl sites for hydroxylation is 1. The lowest BCUT2D eigenvalue weighted by molar-refractivity contribution is 0.238. The molecule has 0 aliphatic carbocycles. The van der Waals surface area contributed by atoms with Crippen LogP contribution in [-0.4, -0.2) is 18.3 Å². The number of nitrogens with one attached hydrogen (secondary N) is 2. The summed E-state index contributed by atoms with van der Waals surface area (Å²) >= 11 is 0. The number of hydrogen-bond donors (Lipinski definition) is 2. The largest absolute Gasteiger partial charge is 0.497 e. The molecule has 0 aliphatic rings. The van der Waals surface area contributed by atoms with Crippen LogP contribution in [0.2, 0.25) is 0 Å². The molecule has 1 aromatic carbocycles. The van der Waals surface area contributed by atoms with Crippen LogP contribution in [0.5, 0.6) is 5.75 Å². The number of rotatable bonds is 5. The van der Waals surface area contributed by atoms with Gasteiger partial charge < -0.3 is 19.9 Å². The highest BCUT2D eigenvalue weighted by atomic mass is 16.5. The predicted molar refractivity (Wildman–Crippen MR) is 73.3 cm³/mol. The van der Waals surface area contributed by atoms with E-state index < -0.39 is 0 Å². The Hall–Kier alpha value is -2.50. The summed E-state index contributed by atoms with van der Waals surface area (Å²) in [5.74, 6) is 1.39. The second-order valence-electron chi connectivity index (χ2n) is 4.32. The Bertz CT molecular complexity index is 581. The quantitative estimate of drug-likeness (QED) is 0.875. The minimum Gasteiger partial charge on any atom is -0.497 e. The number of hydrogen-bond acceptors (Lipinski definition) is 4. The summed E-state index contributed by atoms with van der Waals surface area (Å²) in [6.45, 7) is 2.57. The van der Waals surface area contributed by atoms with Gasteiger partial charge in [-0.3, -0.25) is 0 Å². The van der Waals surface area contributed by atoms with Crippen LogP contribution in [0.3, 0.4) is 0 Å². The molecule has 0 saturated carbocycles. The van der Waals surface area contributed by atoms with E-state index in [0.29, 0.717) is 18.8 Å². The first-order valence-corrected chi connectivity index (χ1v) is 6.24. The van der Waals surface area contributed by atoms with Crippen molar-refractivity contribution in [3.8, 4) is 5.75 Å². The monoisotopic (exact) mass is 275 g/mol. The molecule has 106 valence electrons. The van der Waals surface area contributed by atoms with E-state index in [9.17, 15) is 4.79 Å². The molecule has 0 bridgehead atoms. The van der Waals surface area contributed by atoms with Gasteiger partial charge in [0.2, 0.25) is 0 Å². The van der Waals surface area contributed by atoms with E-state index in [2.05, 4.69) is 15.8 Å². The molecule has 0 radical (unpaired) electrons. The van der Waals surface area contributed by atoms with Crippen LogP contribution >= 0.6 is 0 Å². The molecule has 6 heteroatoms. The maximum Gasteiger partial charge on any atom is 0.315 e. The fourth-order valence-corrected chi connectivity index (χ4v) is 1.69. The Morgan fingerprint density at radius 1 is 1.30 bits per heavy atom. The number of methoxy groups -OCH3 is 1. The van der Waals surface area contributed by atoms with Gasteiger partial charge in [0, 0.05) is 12.6 Å². The minimum absolute atomic E-state index is 0.262. The van der Waals surface area contributed by atoms with Crippen molar-refractivity contribution in [2.45, 2.75) is 20.0 Å². The van der Waals surface area contributed by atoms with Gasteiger partial charge in [0.15, 0.2) is 5.76 Å². The maximum atomic E-state index is 11.6. The number of ether oxygens (including phenoxy) is 1. The average molecular weight is 275 g/mol. The number of nitrogens with zero attached hydrogens (tertiary/aromatic N) is 1. The van der Waals surface area contributed by atoms with E-state index in [1.165, 1.54) is 0 Å². The Kier molecular flexibility index (Phi) is 4.60. The molecule has 6 nitrogen and oxygen atoms in total. The Morgan fingerprint density at radius 2 is 2.10 bits per heavy atom. The summed E-state index contributed by atoms with van der Waals surface area (Å²) < 4.78 is 10.1.